The van der Waals surface area contributed by atoms with Gasteiger partial charge in [-0.1, -0.05) is 36.4 Å². The van der Waals surface area contributed by atoms with Crippen LogP contribution in [0.25, 0.3) is 21.5 Å². The van der Waals surface area contributed by atoms with Crippen LogP contribution in [0.1, 0.15) is 34.7 Å². The lowest BCUT2D eigenvalue weighted by Gasteiger charge is -2.40. The maximum Gasteiger partial charge on any atom is 0.132 e. The predicted molar refractivity (Wildman–Crippen MR) is 134 cm³/mol. The third-order valence-corrected chi connectivity index (χ3v) is 7.22. The topological polar surface area (TPSA) is 69.9 Å². The minimum absolute atomic E-state index is 0.183. The third kappa shape index (κ3) is 2.72. The number of phenolic OH excluding ortho intramolecular Hbond substituents is 3. The molecule has 4 heteroatoms. The molecule has 5 aromatic rings. The van der Waals surface area contributed by atoms with Gasteiger partial charge in [0, 0.05) is 11.1 Å². The number of hydrogen-bond donors (Lipinski definition) is 3. The van der Waals surface area contributed by atoms with E-state index in [4.69, 9.17) is 4.74 Å². The van der Waals surface area contributed by atoms with E-state index in [0.29, 0.717) is 0 Å². The molecular formula is C30H24O4. The lowest BCUT2D eigenvalue weighted by molar-refractivity contribution is 0.430. The first-order valence-electron chi connectivity index (χ1n) is 11.3. The molecule has 0 amide bonds. The Labute approximate surface area is 197 Å². The Morgan fingerprint density at radius 3 is 1.53 bits per heavy atom. The zero-order valence-electron chi connectivity index (χ0n) is 19.2. The van der Waals surface area contributed by atoms with Gasteiger partial charge in [0.1, 0.15) is 28.7 Å². The van der Waals surface area contributed by atoms with Crippen LogP contribution in [-0.4, -0.2) is 15.3 Å². The highest BCUT2D eigenvalue weighted by molar-refractivity contribution is 5.97. The summed E-state index contributed by atoms with van der Waals surface area (Å²) < 4.78 is 6.46. The van der Waals surface area contributed by atoms with Crippen molar-refractivity contribution in [2.75, 3.05) is 0 Å². The molecule has 0 aliphatic carbocycles. The maximum absolute atomic E-state index is 10.5. The van der Waals surface area contributed by atoms with Crippen molar-refractivity contribution < 1.29 is 20.1 Å². The zero-order chi connectivity index (χ0) is 23.8. The van der Waals surface area contributed by atoms with Gasteiger partial charge in [0.25, 0.3) is 0 Å². The summed E-state index contributed by atoms with van der Waals surface area (Å²) in [7, 11) is 0. The van der Waals surface area contributed by atoms with Crippen LogP contribution in [0.5, 0.6) is 28.7 Å². The second kappa shape index (κ2) is 6.91. The first kappa shape index (κ1) is 20.4. The van der Waals surface area contributed by atoms with Crippen LogP contribution in [0.2, 0.25) is 0 Å². The second-order valence-electron chi connectivity index (χ2n) is 9.37. The Morgan fingerprint density at radius 1 is 0.618 bits per heavy atom. The predicted octanol–water partition coefficient (Wildman–Crippen LogP) is 7.19. The number of benzene rings is 5. The molecular weight excluding hydrogens is 424 g/mol. The quantitative estimate of drug-likeness (QED) is 0.254. The van der Waals surface area contributed by atoms with Gasteiger partial charge in [0.2, 0.25) is 0 Å². The molecule has 0 fully saturated rings. The molecule has 1 heterocycles. The molecule has 4 nitrogen and oxygen atoms in total. The number of aryl methyl sites for hydroxylation is 2. The van der Waals surface area contributed by atoms with Crippen LogP contribution in [-0.2, 0) is 5.41 Å². The Kier molecular flexibility index (Phi) is 4.15. The summed E-state index contributed by atoms with van der Waals surface area (Å²) in [6.07, 6.45) is 0. The summed E-state index contributed by atoms with van der Waals surface area (Å²) in [6, 6.07) is 22.7. The molecule has 0 saturated carbocycles. The molecule has 0 spiro atoms. The van der Waals surface area contributed by atoms with Gasteiger partial charge in [-0.2, -0.15) is 0 Å². The highest BCUT2D eigenvalue weighted by Crippen LogP contribution is 2.56. The molecule has 0 saturated heterocycles. The fourth-order valence-electron chi connectivity index (χ4n) is 5.55. The Balaban J connectivity index is 1.83. The van der Waals surface area contributed by atoms with Crippen LogP contribution in [0.4, 0.5) is 0 Å². The van der Waals surface area contributed by atoms with E-state index in [1.807, 2.05) is 62.4 Å². The molecule has 34 heavy (non-hydrogen) atoms. The van der Waals surface area contributed by atoms with Gasteiger partial charge in [0.15, 0.2) is 0 Å². The largest absolute Gasteiger partial charge is 0.508 e. The van der Waals surface area contributed by atoms with Crippen LogP contribution in [0, 0.1) is 13.8 Å². The van der Waals surface area contributed by atoms with Gasteiger partial charge in [0.05, 0.1) is 5.41 Å². The van der Waals surface area contributed by atoms with E-state index in [1.54, 1.807) is 24.3 Å². The summed E-state index contributed by atoms with van der Waals surface area (Å²) in [5.41, 5.74) is 3.75. The fourth-order valence-corrected chi connectivity index (χ4v) is 5.55. The molecule has 0 bridgehead atoms. The van der Waals surface area contributed by atoms with Crippen molar-refractivity contribution >= 4 is 21.5 Å². The Hall–Kier alpha value is -4.18. The number of ether oxygens (including phenoxy) is 1. The molecule has 0 atom stereocenters. The van der Waals surface area contributed by atoms with Crippen molar-refractivity contribution in [3.63, 3.8) is 0 Å². The van der Waals surface area contributed by atoms with Crippen molar-refractivity contribution in [3.05, 3.63) is 101 Å². The highest BCUT2D eigenvalue weighted by Gasteiger charge is 2.43. The van der Waals surface area contributed by atoms with E-state index in [2.05, 4.69) is 6.92 Å². The van der Waals surface area contributed by atoms with Crippen LogP contribution >= 0.6 is 0 Å². The van der Waals surface area contributed by atoms with Gasteiger partial charge in [-0.05, 0) is 95.4 Å². The first-order valence-corrected chi connectivity index (χ1v) is 11.3. The minimum atomic E-state index is -0.702. The standard InChI is InChI=1S/C30H24O4/c1-16-12-20(13-17(2)29(16)33)30(3)27-23-14-21(31)8-4-18(23)6-10-25(27)34-26-11-7-19-5-9-22(32)15-24(19)28(26)30/h4-15,31-33H,1-3H3. The molecule has 5 aromatic carbocycles. The normalized spacial score (nSPS) is 14.0. The van der Waals surface area contributed by atoms with Gasteiger partial charge in [-0.3, -0.25) is 0 Å². The minimum Gasteiger partial charge on any atom is -0.508 e. The molecule has 0 radical (unpaired) electrons. The average Bonchev–Trinajstić information content (AvgIpc) is 2.81. The summed E-state index contributed by atoms with van der Waals surface area (Å²) in [5.74, 6) is 2.09. The molecule has 6 rings (SSSR count). The van der Waals surface area contributed by atoms with E-state index in [0.717, 1.165) is 60.9 Å². The zero-order valence-corrected chi connectivity index (χ0v) is 19.2. The van der Waals surface area contributed by atoms with Gasteiger partial charge >= 0.3 is 0 Å². The maximum atomic E-state index is 10.5. The van der Waals surface area contributed by atoms with Crippen molar-refractivity contribution in [2.24, 2.45) is 0 Å². The fraction of sp³-hybridized carbons (Fsp3) is 0.133. The Bertz CT molecular complexity index is 1530. The van der Waals surface area contributed by atoms with Crippen molar-refractivity contribution in [2.45, 2.75) is 26.2 Å². The molecule has 1 aliphatic heterocycles. The number of fused-ring (bicyclic) bond motifs is 6. The molecule has 0 unspecified atom stereocenters. The van der Waals surface area contributed by atoms with E-state index in [-0.39, 0.29) is 17.2 Å². The van der Waals surface area contributed by atoms with E-state index >= 15 is 0 Å². The van der Waals surface area contributed by atoms with Crippen LogP contribution in [0.3, 0.4) is 0 Å². The average molecular weight is 449 g/mol. The van der Waals surface area contributed by atoms with Gasteiger partial charge < -0.3 is 20.1 Å². The Morgan fingerprint density at radius 2 is 1.06 bits per heavy atom. The van der Waals surface area contributed by atoms with Crippen molar-refractivity contribution in [1.29, 1.82) is 0 Å². The van der Waals surface area contributed by atoms with Gasteiger partial charge in [-0.15, -0.1) is 0 Å². The highest BCUT2D eigenvalue weighted by atomic mass is 16.5. The molecule has 168 valence electrons. The lowest BCUT2D eigenvalue weighted by Crippen LogP contribution is -2.30. The van der Waals surface area contributed by atoms with Crippen LogP contribution < -0.4 is 4.74 Å². The number of phenols is 3. The molecule has 1 aliphatic rings. The number of aromatic hydroxyl groups is 3. The van der Waals surface area contributed by atoms with Crippen LogP contribution in [0.15, 0.2) is 72.8 Å². The summed E-state index contributed by atoms with van der Waals surface area (Å²) in [5, 5.41) is 35.1. The second-order valence-corrected chi connectivity index (χ2v) is 9.37. The number of rotatable bonds is 1. The summed E-state index contributed by atoms with van der Waals surface area (Å²) >= 11 is 0. The van der Waals surface area contributed by atoms with Crippen molar-refractivity contribution in [1.82, 2.24) is 0 Å². The summed E-state index contributed by atoms with van der Waals surface area (Å²) in [6.45, 7) is 5.96. The van der Waals surface area contributed by atoms with Gasteiger partial charge in [-0.25, -0.2) is 0 Å². The van der Waals surface area contributed by atoms with E-state index in [1.165, 1.54) is 0 Å². The van der Waals surface area contributed by atoms with E-state index in [9.17, 15) is 15.3 Å². The van der Waals surface area contributed by atoms with E-state index < -0.39 is 5.41 Å². The lowest BCUT2D eigenvalue weighted by atomic mass is 9.66. The smallest absolute Gasteiger partial charge is 0.132 e. The summed E-state index contributed by atoms with van der Waals surface area (Å²) in [4.78, 5) is 0. The monoisotopic (exact) mass is 448 g/mol. The molecule has 3 N–H and O–H groups in total. The SMILES string of the molecule is Cc1cc(C2(C)c3c(ccc4ccc(O)cc34)Oc3ccc4ccc(O)cc4c32)cc(C)c1O. The molecule has 0 aromatic heterocycles. The number of hydrogen-bond acceptors (Lipinski definition) is 4. The third-order valence-electron chi connectivity index (χ3n) is 7.22. The van der Waals surface area contributed by atoms with Crippen molar-refractivity contribution in [3.8, 4) is 28.7 Å². The first-order chi connectivity index (χ1) is 16.3.